The number of carbonyl (C=O) groups excluding carboxylic acids is 1. The maximum atomic E-state index is 12.4. The van der Waals surface area contributed by atoms with E-state index in [0.29, 0.717) is 38.4 Å². The second-order valence-electron chi connectivity index (χ2n) is 7.13. The molecular weight excluding hydrogens is 308 g/mol. The molecule has 0 bridgehead atoms. The summed E-state index contributed by atoms with van der Waals surface area (Å²) in [6.07, 6.45) is 6.97. The predicted octanol–water partition coefficient (Wildman–Crippen LogP) is 1.08. The number of rotatable bonds is 5. The Morgan fingerprint density at radius 1 is 1.42 bits per heavy atom. The van der Waals surface area contributed by atoms with E-state index in [4.69, 9.17) is 4.74 Å². The summed E-state index contributed by atoms with van der Waals surface area (Å²) in [6, 6.07) is 0. The van der Waals surface area contributed by atoms with Crippen molar-refractivity contribution in [3.8, 4) is 0 Å². The number of aryl methyl sites for hydroxylation is 1. The normalized spacial score (nSPS) is 28.9. The smallest absolute Gasteiger partial charge is 0.222 e. The first-order valence-corrected chi connectivity index (χ1v) is 9.00. The highest BCUT2D eigenvalue weighted by atomic mass is 16.5. The molecule has 2 aliphatic rings. The van der Waals surface area contributed by atoms with Crippen LogP contribution in [0.4, 0.5) is 0 Å². The highest BCUT2D eigenvalue weighted by molar-refractivity contribution is 5.76. The van der Waals surface area contributed by atoms with E-state index in [0.717, 1.165) is 32.5 Å². The minimum absolute atomic E-state index is 0.105. The van der Waals surface area contributed by atoms with Crippen LogP contribution in [0.3, 0.4) is 0 Å². The summed E-state index contributed by atoms with van der Waals surface area (Å²) in [4.78, 5) is 18.3. The van der Waals surface area contributed by atoms with Gasteiger partial charge >= 0.3 is 0 Å². The van der Waals surface area contributed by atoms with Gasteiger partial charge in [0, 0.05) is 45.2 Å². The molecular formula is C17H28N4O3. The van der Waals surface area contributed by atoms with E-state index in [9.17, 15) is 9.90 Å². The largest absolute Gasteiger partial charge is 0.389 e. The Morgan fingerprint density at radius 3 is 2.88 bits per heavy atom. The Kier molecular flexibility index (Phi) is 5.50. The number of carbonyl (C=O) groups is 1. The Hall–Kier alpha value is -1.47. The molecule has 3 heterocycles. The summed E-state index contributed by atoms with van der Waals surface area (Å²) in [7, 11) is 0. The van der Waals surface area contributed by atoms with Crippen LogP contribution in [-0.2, 0) is 16.1 Å². The Morgan fingerprint density at radius 2 is 2.21 bits per heavy atom. The molecule has 0 aliphatic carbocycles. The number of likely N-dealkylation sites (tertiary alicyclic amines) is 1. The average molecular weight is 336 g/mol. The molecule has 0 aromatic carbocycles. The third-order valence-corrected chi connectivity index (χ3v) is 5.66. The molecule has 2 atom stereocenters. The first-order chi connectivity index (χ1) is 11.6. The second kappa shape index (κ2) is 7.61. The van der Waals surface area contributed by atoms with Gasteiger partial charge in [-0.2, -0.15) is 5.10 Å². The zero-order valence-electron chi connectivity index (χ0n) is 14.4. The number of ether oxygens (including phenoxy) is 1. The van der Waals surface area contributed by atoms with Crippen LogP contribution in [0.15, 0.2) is 12.7 Å². The molecule has 24 heavy (non-hydrogen) atoms. The van der Waals surface area contributed by atoms with Gasteiger partial charge < -0.3 is 14.7 Å². The SMILES string of the molecule is C[C@@H]1CN(C(=O)CCCn2cncn2)CC[C@@]1(O)C1CCOCC1. The van der Waals surface area contributed by atoms with Crippen LogP contribution in [-0.4, -0.2) is 62.6 Å². The van der Waals surface area contributed by atoms with E-state index in [1.54, 1.807) is 11.0 Å². The highest BCUT2D eigenvalue weighted by Gasteiger charge is 2.45. The Balaban J connectivity index is 1.48. The number of amides is 1. The van der Waals surface area contributed by atoms with Crippen LogP contribution in [0.2, 0.25) is 0 Å². The van der Waals surface area contributed by atoms with Crippen LogP contribution >= 0.6 is 0 Å². The summed E-state index contributed by atoms with van der Waals surface area (Å²) in [5.41, 5.74) is -0.651. The van der Waals surface area contributed by atoms with E-state index in [-0.39, 0.29) is 11.8 Å². The van der Waals surface area contributed by atoms with Crippen LogP contribution in [0.1, 0.15) is 39.0 Å². The number of aromatic nitrogens is 3. The number of aliphatic hydroxyl groups is 1. The highest BCUT2D eigenvalue weighted by Crippen LogP contribution is 2.39. The Labute approximate surface area is 143 Å². The molecule has 7 heteroatoms. The van der Waals surface area contributed by atoms with Crippen molar-refractivity contribution in [1.82, 2.24) is 19.7 Å². The minimum Gasteiger partial charge on any atom is -0.389 e. The monoisotopic (exact) mass is 336 g/mol. The van der Waals surface area contributed by atoms with E-state index in [2.05, 4.69) is 17.0 Å². The third kappa shape index (κ3) is 3.78. The second-order valence-corrected chi connectivity index (χ2v) is 7.13. The van der Waals surface area contributed by atoms with Gasteiger partial charge in [-0.05, 0) is 31.6 Å². The van der Waals surface area contributed by atoms with E-state index >= 15 is 0 Å². The van der Waals surface area contributed by atoms with Crippen LogP contribution < -0.4 is 0 Å². The molecule has 2 saturated heterocycles. The first-order valence-electron chi connectivity index (χ1n) is 9.00. The lowest BCUT2D eigenvalue weighted by Gasteiger charge is -2.48. The van der Waals surface area contributed by atoms with Gasteiger partial charge in [0.05, 0.1) is 5.60 Å². The van der Waals surface area contributed by atoms with Crippen molar-refractivity contribution in [2.75, 3.05) is 26.3 Å². The third-order valence-electron chi connectivity index (χ3n) is 5.66. The standard InChI is InChI=1S/C17H28N4O3/c1-14-11-20(16(22)3-2-7-21-13-18-12-19-21)8-6-17(14,23)15-4-9-24-10-5-15/h12-15,23H,2-11H2,1H3/t14-,17+/m1/s1. The maximum Gasteiger partial charge on any atom is 0.222 e. The summed E-state index contributed by atoms with van der Waals surface area (Å²) in [6.45, 7) is 5.57. The predicted molar refractivity (Wildman–Crippen MR) is 88.1 cm³/mol. The van der Waals surface area contributed by atoms with Gasteiger partial charge in [-0.1, -0.05) is 6.92 Å². The van der Waals surface area contributed by atoms with Crippen molar-refractivity contribution >= 4 is 5.91 Å². The molecule has 3 rings (SSSR count). The van der Waals surface area contributed by atoms with Crippen molar-refractivity contribution in [3.05, 3.63) is 12.7 Å². The summed E-state index contributed by atoms with van der Waals surface area (Å²) < 4.78 is 7.16. The molecule has 0 saturated carbocycles. The van der Waals surface area contributed by atoms with Gasteiger partial charge in [0.15, 0.2) is 0 Å². The van der Waals surface area contributed by atoms with Gasteiger partial charge in [0.2, 0.25) is 5.91 Å². The lowest BCUT2D eigenvalue weighted by atomic mass is 9.70. The van der Waals surface area contributed by atoms with Crippen molar-refractivity contribution in [2.24, 2.45) is 11.8 Å². The zero-order chi connectivity index (χ0) is 17.0. The lowest BCUT2D eigenvalue weighted by Crippen LogP contribution is -2.56. The van der Waals surface area contributed by atoms with Gasteiger partial charge in [-0.15, -0.1) is 0 Å². The van der Waals surface area contributed by atoms with Crippen LogP contribution in [0.5, 0.6) is 0 Å². The fourth-order valence-electron chi connectivity index (χ4n) is 4.07. The van der Waals surface area contributed by atoms with Crippen molar-refractivity contribution in [2.45, 2.75) is 51.2 Å². The molecule has 0 unspecified atom stereocenters. The van der Waals surface area contributed by atoms with Gasteiger partial charge in [0.1, 0.15) is 12.7 Å². The lowest BCUT2D eigenvalue weighted by molar-refractivity contribution is -0.151. The van der Waals surface area contributed by atoms with Gasteiger partial charge in [-0.3, -0.25) is 9.48 Å². The van der Waals surface area contributed by atoms with Crippen molar-refractivity contribution in [1.29, 1.82) is 0 Å². The molecule has 134 valence electrons. The zero-order valence-corrected chi connectivity index (χ0v) is 14.4. The molecule has 1 aromatic rings. The molecule has 0 spiro atoms. The molecule has 2 fully saturated rings. The quantitative estimate of drug-likeness (QED) is 0.870. The molecule has 2 aliphatic heterocycles. The number of nitrogens with zero attached hydrogens (tertiary/aromatic N) is 4. The molecule has 7 nitrogen and oxygen atoms in total. The fourth-order valence-corrected chi connectivity index (χ4v) is 4.07. The van der Waals surface area contributed by atoms with Crippen molar-refractivity contribution in [3.63, 3.8) is 0 Å². The van der Waals surface area contributed by atoms with Crippen LogP contribution in [0.25, 0.3) is 0 Å². The summed E-state index contributed by atoms with van der Waals surface area (Å²) in [5.74, 6) is 0.579. The number of hydrogen-bond acceptors (Lipinski definition) is 5. The number of piperidine rings is 1. The summed E-state index contributed by atoms with van der Waals surface area (Å²) >= 11 is 0. The Bertz CT molecular complexity index is 530. The summed E-state index contributed by atoms with van der Waals surface area (Å²) in [5, 5.41) is 15.2. The minimum atomic E-state index is -0.651. The molecule has 1 N–H and O–H groups in total. The molecule has 1 amide bonds. The van der Waals surface area contributed by atoms with E-state index < -0.39 is 5.60 Å². The number of hydrogen-bond donors (Lipinski definition) is 1. The van der Waals surface area contributed by atoms with Gasteiger partial charge in [0.25, 0.3) is 0 Å². The maximum absolute atomic E-state index is 12.4. The first kappa shape index (κ1) is 17.4. The molecule has 1 aromatic heterocycles. The fraction of sp³-hybridized carbons (Fsp3) is 0.824. The van der Waals surface area contributed by atoms with E-state index in [1.807, 2.05) is 4.90 Å². The topological polar surface area (TPSA) is 80.5 Å². The van der Waals surface area contributed by atoms with Gasteiger partial charge in [-0.25, -0.2) is 4.98 Å². The molecule has 0 radical (unpaired) electrons. The average Bonchev–Trinajstić information content (AvgIpc) is 3.11. The van der Waals surface area contributed by atoms with E-state index in [1.165, 1.54) is 6.33 Å². The van der Waals surface area contributed by atoms with Crippen LogP contribution in [0, 0.1) is 11.8 Å². The van der Waals surface area contributed by atoms with Crippen molar-refractivity contribution < 1.29 is 14.6 Å².